The fourth-order valence-electron chi connectivity index (χ4n) is 1.62. The van der Waals surface area contributed by atoms with Crippen LogP contribution in [0.1, 0.15) is 45.4 Å². The van der Waals surface area contributed by atoms with Crippen molar-refractivity contribution < 1.29 is 9.30 Å². The summed E-state index contributed by atoms with van der Waals surface area (Å²) in [5.74, 6) is 0. The molecule has 0 aliphatic rings. The Morgan fingerprint density at radius 3 is 2.56 bits per heavy atom. The lowest BCUT2D eigenvalue weighted by Crippen LogP contribution is -2.29. The number of hydrogen-bond acceptors (Lipinski definition) is 2. The van der Waals surface area contributed by atoms with Crippen molar-refractivity contribution in [1.82, 2.24) is 0 Å². The van der Waals surface area contributed by atoms with E-state index in [9.17, 15) is 0 Å². The van der Waals surface area contributed by atoms with Gasteiger partial charge in [-0.15, -0.1) is 0 Å². The maximum absolute atomic E-state index is 5.59. The smallest absolute Gasteiger partial charge is 0.224 e. The molecule has 0 N–H and O–H groups in total. The average molecular weight is 242 g/mol. The Labute approximate surface area is 103 Å². The zero-order valence-corrected chi connectivity index (χ0v) is 11.2. The SMILES string of the molecule is CCCCCCOCCCC[n+]1ccsc1. The van der Waals surface area contributed by atoms with Gasteiger partial charge >= 0.3 is 0 Å². The van der Waals surface area contributed by atoms with E-state index in [1.54, 1.807) is 11.3 Å². The van der Waals surface area contributed by atoms with Crippen molar-refractivity contribution in [3.05, 3.63) is 17.1 Å². The van der Waals surface area contributed by atoms with Crippen molar-refractivity contribution in [2.45, 2.75) is 52.0 Å². The third-order valence-corrected chi connectivity index (χ3v) is 3.30. The van der Waals surface area contributed by atoms with Gasteiger partial charge in [-0.2, -0.15) is 4.57 Å². The Kier molecular flexibility index (Phi) is 8.35. The van der Waals surface area contributed by atoms with E-state index in [1.807, 2.05) is 0 Å². The lowest BCUT2D eigenvalue weighted by Gasteiger charge is -2.02. The number of rotatable bonds is 10. The number of aromatic nitrogens is 1. The van der Waals surface area contributed by atoms with Crippen LogP contribution >= 0.6 is 11.3 Å². The first-order valence-corrected chi connectivity index (χ1v) is 7.36. The second kappa shape index (κ2) is 9.79. The molecule has 92 valence electrons. The highest BCUT2D eigenvalue weighted by molar-refractivity contribution is 7.07. The van der Waals surface area contributed by atoms with Crippen LogP contribution in [-0.4, -0.2) is 13.2 Å². The molecule has 0 radical (unpaired) electrons. The second-order valence-corrected chi connectivity index (χ2v) is 4.90. The van der Waals surface area contributed by atoms with Crippen LogP contribution in [-0.2, 0) is 11.3 Å². The van der Waals surface area contributed by atoms with Crippen LogP contribution in [0.25, 0.3) is 0 Å². The Bertz CT molecular complexity index is 236. The van der Waals surface area contributed by atoms with Crippen LogP contribution in [0.15, 0.2) is 17.1 Å². The van der Waals surface area contributed by atoms with Crippen LogP contribution in [0.2, 0.25) is 0 Å². The molecule has 3 heteroatoms. The Morgan fingerprint density at radius 2 is 1.88 bits per heavy atom. The molecular weight excluding hydrogens is 218 g/mol. The molecule has 0 aliphatic carbocycles. The van der Waals surface area contributed by atoms with Crippen molar-refractivity contribution in [2.24, 2.45) is 0 Å². The lowest BCUT2D eigenvalue weighted by atomic mass is 10.2. The molecule has 1 heterocycles. The van der Waals surface area contributed by atoms with Gasteiger partial charge in [-0.25, -0.2) is 0 Å². The van der Waals surface area contributed by atoms with Gasteiger partial charge in [0.1, 0.15) is 6.54 Å². The Morgan fingerprint density at radius 1 is 1.06 bits per heavy atom. The summed E-state index contributed by atoms with van der Waals surface area (Å²) in [6.45, 7) is 5.24. The van der Waals surface area contributed by atoms with Crippen molar-refractivity contribution in [2.75, 3.05) is 13.2 Å². The summed E-state index contributed by atoms with van der Waals surface area (Å²) in [6, 6.07) is 0. The minimum absolute atomic E-state index is 0.927. The molecule has 0 fully saturated rings. The van der Waals surface area contributed by atoms with Gasteiger partial charge in [0, 0.05) is 19.6 Å². The fraction of sp³-hybridized carbons (Fsp3) is 0.769. The highest BCUT2D eigenvalue weighted by atomic mass is 32.1. The van der Waals surface area contributed by atoms with Gasteiger partial charge in [-0.05, 0) is 12.8 Å². The lowest BCUT2D eigenvalue weighted by molar-refractivity contribution is -0.692. The summed E-state index contributed by atoms with van der Waals surface area (Å²) in [7, 11) is 0. The highest BCUT2D eigenvalue weighted by Crippen LogP contribution is 2.00. The minimum atomic E-state index is 0.927. The summed E-state index contributed by atoms with van der Waals surface area (Å²) in [5.41, 5.74) is 2.16. The van der Waals surface area contributed by atoms with Crippen molar-refractivity contribution in [3.63, 3.8) is 0 Å². The molecule has 1 rings (SSSR count). The molecule has 1 aromatic rings. The third kappa shape index (κ3) is 6.96. The van der Waals surface area contributed by atoms with E-state index in [1.165, 1.54) is 38.5 Å². The zero-order chi connectivity index (χ0) is 11.5. The van der Waals surface area contributed by atoms with Crippen LogP contribution in [0.3, 0.4) is 0 Å². The first kappa shape index (κ1) is 13.7. The van der Waals surface area contributed by atoms with Crippen molar-refractivity contribution >= 4 is 11.3 Å². The normalized spacial score (nSPS) is 10.8. The summed E-state index contributed by atoms with van der Waals surface area (Å²) >= 11 is 1.75. The first-order chi connectivity index (χ1) is 7.93. The summed E-state index contributed by atoms with van der Waals surface area (Å²) in [5, 5.41) is 2.12. The van der Waals surface area contributed by atoms with Gasteiger partial charge in [0.25, 0.3) is 0 Å². The van der Waals surface area contributed by atoms with E-state index in [2.05, 4.69) is 28.6 Å². The van der Waals surface area contributed by atoms with Crippen LogP contribution in [0.5, 0.6) is 0 Å². The quantitative estimate of drug-likeness (QED) is 0.453. The predicted molar refractivity (Wildman–Crippen MR) is 68.7 cm³/mol. The van der Waals surface area contributed by atoms with Crippen molar-refractivity contribution in [3.8, 4) is 0 Å². The fourth-order valence-corrected chi connectivity index (χ4v) is 2.25. The highest BCUT2D eigenvalue weighted by Gasteiger charge is 1.98. The maximum Gasteiger partial charge on any atom is 0.224 e. The van der Waals surface area contributed by atoms with Crippen LogP contribution in [0.4, 0.5) is 0 Å². The van der Waals surface area contributed by atoms with E-state index in [-0.39, 0.29) is 0 Å². The summed E-state index contributed by atoms with van der Waals surface area (Å²) in [6.07, 6.45) is 9.73. The molecule has 0 bridgehead atoms. The number of aryl methyl sites for hydroxylation is 1. The van der Waals surface area contributed by atoms with Gasteiger partial charge in [-0.1, -0.05) is 37.5 Å². The topological polar surface area (TPSA) is 13.1 Å². The number of unbranched alkanes of at least 4 members (excludes halogenated alkanes) is 4. The molecule has 0 spiro atoms. The number of hydrogen-bond donors (Lipinski definition) is 0. The number of thiazole rings is 1. The molecule has 2 nitrogen and oxygen atoms in total. The van der Waals surface area contributed by atoms with Gasteiger partial charge in [0.2, 0.25) is 5.51 Å². The molecule has 0 amide bonds. The largest absolute Gasteiger partial charge is 0.381 e. The standard InChI is InChI=1S/C13H24NOS/c1-2-3-4-6-10-15-11-7-5-8-14-9-12-16-13-14/h9,12-13H,2-8,10-11H2,1H3/q+1. The average Bonchev–Trinajstić information content (AvgIpc) is 2.80. The van der Waals surface area contributed by atoms with E-state index < -0.39 is 0 Å². The molecule has 0 aliphatic heterocycles. The van der Waals surface area contributed by atoms with Gasteiger partial charge in [-0.3, -0.25) is 0 Å². The third-order valence-electron chi connectivity index (χ3n) is 2.62. The van der Waals surface area contributed by atoms with Crippen LogP contribution in [0, 0.1) is 0 Å². The van der Waals surface area contributed by atoms with Crippen LogP contribution < -0.4 is 4.57 Å². The molecule has 1 aromatic heterocycles. The maximum atomic E-state index is 5.59. The number of ether oxygens (including phenoxy) is 1. The predicted octanol–water partition coefficient (Wildman–Crippen LogP) is 3.41. The minimum Gasteiger partial charge on any atom is -0.381 e. The number of nitrogens with zero attached hydrogens (tertiary/aromatic N) is 1. The monoisotopic (exact) mass is 242 g/mol. The van der Waals surface area contributed by atoms with E-state index in [0.717, 1.165) is 19.8 Å². The molecule has 16 heavy (non-hydrogen) atoms. The molecule has 0 saturated carbocycles. The summed E-state index contributed by atoms with van der Waals surface area (Å²) in [4.78, 5) is 0. The second-order valence-electron chi connectivity index (χ2n) is 4.14. The van der Waals surface area contributed by atoms with E-state index >= 15 is 0 Å². The zero-order valence-electron chi connectivity index (χ0n) is 10.4. The van der Waals surface area contributed by atoms with E-state index in [0.29, 0.717) is 0 Å². The van der Waals surface area contributed by atoms with Gasteiger partial charge in [0.15, 0.2) is 6.20 Å². The molecule has 0 aromatic carbocycles. The Balaban J connectivity index is 1.78. The molecule has 0 unspecified atom stereocenters. The molecule has 0 atom stereocenters. The molecular formula is C13H24NOS+. The molecule has 0 saturated heterocycles. The van der Waals surface area contributed by atoms with E-state index in [4.69, 9.17) is 4.74 Å². The Hall–Kier alpha value is -0.410. The van der Waals surface area contributed by atoms with Crippen molar-refractivity contribution in [1.29, 1.82) is 0 Å². The first-order valence-electron chi connectivity index (χ1n) is 6.42. The van der Waals surface area contributed by atoms with Gasteiger partial charge < -0.3 is 4.74 Å². The van der Waals surface area contributed by atoms with Gasteiger partial charge in [0.05, 0.1) is 5.38 Å². The summed E-state index contributed by atoms with van der Waals surface area (Å²) < 4.78 is 7.83.